The molecule has 2 atom stereocenters. The summed E-state index contributed by atoms with van der Waals surface area (Å²) in [4.78, 5) is 4.29. The first kappa shape index (κ1) is 13.2. The Kier molecular flexibility index (Phi) is 5.49. The van der Waals surface area contributed by atoms with E-state index in [9.17, 15) is 0 Å². The van der Waals surface area contributed by atoms with Crippen molar-refractivity contribution in [2.75, 3.05) is 6.61 Å². The topological polar surface area (TPSA) is 53.1 Å². The Hall–Kier alpha value is -0.870. The monoisotopic (exact) mass is 225 g/mol. The molecule has 0 radical (unpaired) electrons. The predicted molar refractivity (Wildman–Crippen MR) is 65.2 cm³/mol. The van der Waals surface area contributed by atoms with Crippen LogP contribution >= 0.6 is 0 Å². The highest BCUT2D eigenvalue weighted by atomic mass is 16.5. The van der Waals surface area contributed by atoms with Crippen molar-refractivity contribution in [2.45, 2.75) is 45.3 Å². The van der Waals surface area contributed by atoms with E-state index in [1.807, 2.05) is 24.7 Å². The first-order valence-corrected chi connectivity index (χ1v) is 6.02. The van der Waals surface area contributed by atoms with Crippen molar-refractivity contribution in [2.24, 2.45) is 12.8 Å². The number of hydrogen-bond acceptors (Lipinski definition) is 3. The quantitative estimate of drug-likeness (QED) is 0.765. The molecule has 4 heteroatoms. The normalized spacial score (nSPS) is 15.0. The summed E-state index contributed by atoms with van der Waals surface area (Å²) < 4.78 is 7.68. The summed E-state index contributed by atoms with van der Waals surface area (Å²) in [5, 5.41) is 0. The summed E-state index contributed by atoms with van der Waals surface area (Å²) in [5.74, 6) is 1.02. The van der Waals surface area contributed by atoms with Crippen molar-refractivity contribution in [3.63, 3.8) is 0 Å². The lowest BCUT2D eigenvalue weighted by molar-refractivity contribution is 0.0373. The maximum Gasteiger partial charge on any atom is 0.110 e. The van der Waals surface area contributed by atoms with Gasteiger partial charge in [0.15, 0.2) is 0 Å². The SMILES string of the molecule is CCCC(OCC)C(N)Cc1nccn1C. The van der Waals surface area contributed by atoms with Crippen molar-refractivity contribution >= 4 is 0 Å². The number of nitrogens with two attached hydrogens (primary N) is 1. The van der Waals surface area contributed by atoms with Crippen LogP contribution in [0.15, 0.2) is 12.4 Å². The Labute approximate surface area is 97.8 Å². The Balaban J connectivity index is 2.54. The third-order valence-corrected chi connectivity index (χ3v) is 2.77. The molecule has 2 N–H and O–H groups in total. The van der Waals surface area contributed by atoms with E-state index in [4.69, 9.17) is 10.5 Å². The molecule has 1 rings (SSSR count). The number of rotatable bonds is 7. The molecule has 0 spiro atoms. The molecule has 0 aliphatic carbocycles. The van der Waals surface area contributed by atoms with E-state index < -0.39 is 0 Å². The van der Waals surface area contributed by atoms with Crippen LogP contribution in [0.25, 0.3) is 0 Å². The first-order chi connectivity index (χ1) is 7.69. The number of aryl methyl sites for hydroxylation is 1. The van der Waals surface area contributed by atoms with Gasteiger partial charge in [0.25, 0.3) is 0 Å². The summed E-state index contributed by atoms with van der Waals surface area (Å²) >= 11 is 0. The van der Waals surface area contributed by atoms with Gasteiger partial charge in [0, 0.05) is 38.5 Å². The van der Waals surface area contributed by atoms with Gasteiger partial charge in [-0.15, -0.1) is 0 Å². The van der Waals surface area contributed by atoms with Crippen LogP contribution in [0, 0.1) is 0 Å². The van der Waals surface area contributed by atoms with Gasteiger partial charge in [-0.2, -0.15) is 0 Å². The van der Waals surface area contributed by atoms with Gasteiger partial charge in [-0.3, -0.25) is 0 Å². The van der Waals surface area contributed by atoms with Crippen LogP contribution in [0.4, 0.5) is 0 Å². The molecule has 92 valence electrons. The maximum atomic E-state index is 6.17. The molecule has 0 fully saturated rings. The van der Waals surface area contributed by atoms with Gasteiger partial charge < -0.3 is 15.0 Å². The van der Waals surface area contributed by atoms with E-state index in [0.29, 0.717) is 0 Å². The van der Waals surface area contributed by atoms with Crippen LogP contribution in [-0.2, 0) is 18.2 Å². The van der Waals surface area contributed by atoms with Gasteiger partial charge in [0.2, 0.25) is 0 Å². The molecule has 0 bridgehead atoms. The number of hydrogen-bond donors (Lipinski definition) is 1. The summed E-state index contributed by atoms with van der Waals surface area (Å²) in [6, 6.07) is 0.0287. The molecule has 2 unspecified atom stereocenters. The zero-order chi connectivity index (χ0) is 12.0. The van der Waals surface area contributed by atoms with Gasteiger partial charge >= 0.3 is 0 Å². The molecule has 4 nitrogen and oxygen atoms in total. The standard InChI is InChI=1S/C12H23N3O/c1-4-6-11(16-5-2)10(13)9-12-14-7-8-15(12)3/h7-8,10-11H,4-6,9,13H2,1-3H3. The molecule has 1 aromatic rings. The summed E-state index contributed by atoms with van der Waals surface area (Å²) in [5.41, 5.74) is 6.17. The molecule has 0 aliphatic rings. The molecule has 0 saturated carbocycles. The van der Waals surface area contributed by atoms with Gasteiger partial charge in [-0.05, 0) is 13.3 Å². The summed E-state index contributed by atoms with van der Waals surface area (Å²) in [6.07, 6.45) is 6.77. The second-order valence-corrected chi connectivity index (χ2v) is 4.10. The number of aromatic nitrogens is 2. The van der Waals surface area contributed by atoms with E-state index in [0.717, 1.165) is 31.7 Å². The van der Waals surface area contributed by atoms with Crippen LogP contribution in [0.1, 0.15) is 32.5 Å². The van der Waals surface area contributed by atoms with Crippen LogP contribution in [-0.4, -0.2) is 28.3 Å². The third kappa shape index (κ3) is 3.61. The van der Waals surface area contributed by atoms with E-state index >= 15 is 0 Å². The van der Waals surface area contributed by atoms with Gasteiger partial charge in [-0.25, -0.2) is 4.98 Å². The minimum absolute atomic E-state index is 0.0287. The molecule has 0 amide bonds. The van der Waals surface area contributed by atoms with Crippen molar-refractivity contribution in [3.05, 3.63) is 18.2 Å². The summed E-state index contributed by atoms with van der Waals surface area (Å²) in [6.45, 7) is 4.88. The molecule has 0 aliphatic heterocycles. The highest BCUT2D eigenvalue weighted by Crippen LogP contribution is 2.10. The Morgan fingerprint density at radius 1 is 1.50 bits per heavy atom. The maximum absolute atomic E-state index is 6.17. The van der Waals surface area contributed by atoms with Gasteiger partial charge in [-0.1, -0.05) is 13.3 Å². The average Bonchev–Trinajstić information content (AvgIpc) is 2.64. The number of nitrogens with zero attached hydrogens (tertiary/aromatic N) is 2. The van der Waals surface area contributed by atoms with Crippen molar-refractivity contribution < 1.29 is 4.74 Å². The summed E-state index contributed by atoms with van der Waals surface area (Å²) in [7, 11) is 1.99. The second kappa shape index (κ2) is 6.66. The predicted octanol–water partition coefficient (Wildman–Crippen LogP) is 1.50. The Morgan fingerprint density at radius 3 is 2.75 bits per heavy atom. The van der Waals surface area contributed by atoms with Crippen molar-refractivity contribution in [3.8, 4) is 0 Å². The fourth-order valence-corrected chi connectivity index (χ4v) is 1.86. The van der Waals surface area contributed by atoms with Crippen LogP contribution in [0.5, 0.6) is 0 Å². The van der Waals surface area contributed by atoms with Crippen LogP contribution in [0.2, 0.25) is 0 Å². The fourth-order valence-electron chi connectivity index (χ4n) is 1.86. The largest absolute Gasteiger partial charge is 0.377 e. The van der Waals surface area contributed by atoms with Gasteiger partial charge in [0.1, 0.15) is 5.82 Å². The molecule has 0 aromatic carbocycles. The fraction of sp³-hybridized carbons (Fsp3) is 0.750. The van der Waals surface area contributed by atoms with E-state index in [1.54, 1.807) is 6.20 Å². The molecule has 1 aromatic heterocycles. The molecular formula is C12H23N3O. The molecule has 16 heavy (non-hydrogen) atoms. The highest BCUT2D eigenvalue weighted by Gasteiger charge is 2.19. The Morgan fingerprint density at radius 2 is 2.25 bits per heavy atom. The Bertz CT molecular complexity index is 292. The zero-order valence-electron chi connectivity index (χ0n) is 10.5. The highest BCUT2D eigenvalue weighted by molar-refractivity contribution is 4.95. The zero-order valence-corrected chi connectivity index (χ0v) is 10.5. The van der Waals surface area contributed by atoms with E-state index in [2.05, 4.69) is 11.9 Å². The number of imidazole rings is 1. The lowest BCUT2D eigenvalue weighted by atomic mass is 10.0. The molecular weight excluding hydrogens is 202 g/mol. The number of ether oxygens (including phenoxy) is 1. The van der Waals surface area contributed by atoms with E-state index in [1.165, 1.54) is 0 Å². The van der Waals surface area contributed by atoms with Crippen molar-refractivity contribution in [1.29, 1.82) is 0 Å². The molecule has 0 saturated heterocycles. The third-order valence-electron chi connectivity index (χ3n) is 2.77. The minimum Gasteiger partial charge on any atom is -0.377 e. The average molecular weight is 225 g/mol. The smallest absolute Gasteiger partial charge is 0.110 e. The van der Waals surface area contributed by atoms with E-state index in [-0.39, 0.29) is 12.1 Å². The van der Waals surface area contributed by atoms with Gasteiger partial charge in [0.05, 0.1) is 6.10 Å². The lowest BCUT2D eigenvalue weighted by Crippen LogP contribution is -2.39. The second-order valence-electron chi connectivity index (χ2n) is 4.10. The first-order valence-electron chi connectivity index (χ1n) is 6.02. The van der Waals surface area contributed by atoms with Crippen molar-refractivity contribution in [1.82, 2.24) is 9.55 Å². The molecule has 1 heterocycles. The minimum atomic E-state index is 0.0287. The lowest BCUT2D eigenvalue weighted by Gasteiger charge is -2.23. The van der Waals surface area contributed by atoms with Crippen LogP contribution < -0.4 is 5.73 Å². The van der Waals surface area contributed by atoms with Crippen LogP contribution in [0.3, 0.4) is 0 Å².